The molecule has 0 atom stereocenters. The molecule has 0 radical (unpaired) electrons. The lowest BCUT2D eigenvalue weighted by atomic mass is 10.1. The predicted octanol–water partition coefficient (Wildman–Crippen LogP) is 3.09. The summed E-state index contributed by atoms with van der Waals surface area (Å²) in [4.78, 5) is 0.743. The van der Waals surface area contributed by atoms with Gasteiger partial charge in [0.05, 0.1) is 7.11 Å². The van der Waals surface area contributed by atoms with Crippen LogP contribution in [0.5, 0.6) is 23.0 Å². The quantitative estimate of drug-likeness (QED) is 0.495. The highest BCUT2D eigenvalue weighted by atomic mass is 32.1. The molecular formula is C19H16N4O4S. The molecule has 8 nitrogen and oxygen atoms in total. The van der Waals surface area contributed by atoms with Crippen molar-refractivity contribution in [2.24, 2.45) is 0 Å². The van der Waals surface area contributed by atoms with Crippen LogP contribution < -0.4 is 18.9 Å². The van der Waals surface area contributed by atoms with Crippen molar-refractivity contribution in [2.45, 2.75) is 13.0 Å². The highest BCUT2D eigenvalue weighted by Crippen LogP contribution is 2.35. The van der Waals surface area contributed by atoms with Gasteiger partial charge in [-0.3, -0.25) is 0 Å². The fraction of sp³-hybridized carbons (Fsp3) is 0.211. The Labute approximate surface area is 164 Å². The van der Waals surface area contributed by atoms with Gasteiger partial charge >= 0.3 is 0 Å². The van der Waals surface area contributed by atoms with E-state index in [9.17, 15) is 0 Å². The van der Waals surface area contributed by atoms with E-state index in [2.05, 4.69) is 15.3 Å². The molecule has 142 valence electrons. The van der Waals surface area contributed by atoms with E-state index in [0.717, 1.165) is 33.5 Å². The van der Waals surface area contributed by atoms with Gasteiger partial charge in [-0.15, -0.1) is 10.2 Å². The highest BCUT2D eigenvalue weighted by molar-refractivity contribution is 7.16. The Hall–Kier alpha value is -3.33. The van der Waals surface area contributed by atoms with Gasteiger partial charge in [-0.2, -0.15) is 9.61 Å². The van der Waals surface area contributed by atoms with Crippen molar-refractivity contribution < 1.29 is 18.9 Å². The third-order valence-electron chi connectivity index (χ3n) is 4.32. The molecule has 0 amide bonds. The summed E-state index contributed by atoms with van der Waals surface area (Å²) in [6, 6.07) is 13.4. The highest BCUT2D eigenvalue weighted by Gasteiger charge is 2.16. The summed E-state index contributed by atoms with van der Waals surface area (Å²) in [5.41, 5.74) is 1.16. The lowest BCUT2D eigenvalue weighted by molar-refractivity contribution is 0.173. The molecule has 1 aliphatic heterocycles. The average molecular weight is 396 g/mol. The van der Waals surface area contributed by atoms with E-state index in [1.165, 1.54) is 11.3 Å². The van der Waals surface area contributed by atoms with E-state index in [4.69, 9.17) is 18.9 Å². The molecule has 0 N–H and O–H groups in total. The third-order valence-corrected chi connectivity index (χ3v) is 5.22. The van der Waals surface area contributed by atoms with Crippen LogP contribution in [0.3, 0.4) is 0 Å². The smallest absolute Gasteiger partial charge is 0.234 e. The number of benzene rings is 2. The zero-order valence-electron chi connectivity index (χ0n) is 15.0. The second-order valence-electron chi connectivity index (χ2n) is 6.14. The van der Waals surface area contributed by atoms with Gasteiger partial charge in [0.2, 0.25) is 11.8 Å². The maximum atomic E-state index is 5.83. The van der Waals surface area contributed by atoms with Crippen LogP contribution in [0.25, 0.3) is 4.96 Å². The Kier molecular flexibility index (Phi) is 4.21. The van der Waals surface area contributed by atoms with Crippen molar-refractivity contribution >= 4 is 16.3 Å². The summed E-state index contributed by atoms with van der Waals surface area (Å²) in [7, 11) is 1.66. The molecule has 5 rings (SSSR count). The van der Waals surface area contributed by atoms with Gasteiger partial charge < -0.3 is 18.9 Å². The normalized spacial score (nSPS) is 12.5. The predicted molar refractivity (Wildman–Crippen MR) is 101 cm³/mol. The number of aromatic nitrogens is 4. The Morgan fingerprint density at radius 1 is 1.04 bits per heavy atom. The summed E-state index contributed by atoms with van der Waals surface area (Å²) in [5, 5.41) is 14.0. The summed E-state index contributed by atoms with van der Waals surface area (Å²) >= 11 is 1.52. The molecule has 0 unspecified atom stereocenters. The molecule has 0 aliphatic carbocycles. The molecule has 1 aliphatic rings. The topological polar surface area (TPSA) is 80.0 Å². The third kappa shape index (κ3) is 3.20. The summed E-state index contributed by atoms with van der Waals surface area (Å²) in [6.45, 7) is 0.492. The van der Waals surface area contributed by atoms with Gasteiger partial charge in [0.1, 0.15) is 23.1 Å². The van der Waals surface area contributed by atoms with Gasteiger partial charge in [-0.25, -0.2) is 0 Å². The number of methoxy groups -OCH3 is 1. The number of nitrogens with zero attached hydrogens (tertiary/aromatic N) is 4. The van der Waals surface area contributed by atoms with Crippen LogP contribution in [0.1, 0.15) is 16.4 Å². The van der Waals surface area contributed by atoms with Crippen molar-refractivity contribution in [1.29, 1.82) is 0 Å². The van der Waals surface area contributed by atoms with Gasteiger partial charge in [0, 0.05) is 12.5 Å². The van der Waals surface area contributed by atoms with Crippen molar-refractivity contribution in [2.75, 3.05) is 13.9 Å². The molecule has 2 aromatic heterocycles. The molecule has 4 aromatic rings. The van der Waals surface area contributed by atoms with E-state index < -0.39 is 0 Å². The van der Waals surface area contributed by atoms with Crippen LogP contribution in [0.2, 0.25) is 0 Å². The maximum absolute atomic E-state index is 5.83. The summed E-state index contributed by atoms with van der Waals surface area (Å²) in [6.07, 6.45) is 0.723. The molecule has 0 saturated heterocycles. The molecule has 2 aromatic carbocycles. The zero-order valence-corrected chi connectivity index (χ0v) is 15.8. The Morgan fingerprint density at radius 3 is 2.71 bits per heavy atom. The molecule has 9 heteroatoms. The minimum Gasteiger partial charge on any atom is -0.497 e. The molecule has 0 fully saturated rings. The molecular weight excluding hydrogens is 380 g/mol. The van der Waals surface area contributed by atoms with Crippen molar-refractivity contribution in [3.63, 3.8) is 0 Å². The Balaban J connectivity index is 1.30. The van der Waals surface area contributed by atoms with Crippen LogP contribution in [-0.2, 0) is 13.0 Å². The van der Waals surface area contributed by atoms with Gasteiger partial charge in [-0.05, 0) is 29.8 Å². The Morgan fingerprint density at radius 2 is 1.86 bits per heavy atom. The first kappa shape index (κ1) is 16.8. The van der Waals surface area contributed by atoms with Gasteiger partial charge in [0.15, 0.2) is 17.3 Å². The van der Waals surface area contributed by atoms with Gasteiger partial charge in [0.25, 0.3) is 0 Å². The van der Waals surface area contributed by atoms with E-state index in [1.54, 1.807) is 17.7 Å². The first-order valence-corrected chi connectivity index (χ1v) is 9.45. The molecule has 0 bridgehead atoms. The zero-order chi connectivity index (χ0) is 18.9. The van der Waals surface area contributed by atoms with E-state index in [1.807, 2.05) is 36.4 Å². The first-order valence-electron chi connectivity index (χ1n) is 8.64. The largest absolute Gasteiger partial charge is 0.497 e. The minimum atomic E-state index is 0.235. The van der Waals surface area contributed by atoms with E-state index >= 15 is 0 Å². The molecule has 0 saturated carbocycles. The molecule has 28 heavy (non-hydrogen) atoms. The monoisotopic (exact) mass is 396 g/mol. The number of hydrogen-bond acceptors (Lipinski definition) is 8. The second-order valence-corrected chi connectivity index (χ2v) is 7.18. The first-order chi connectivity index (χ1) is 13.8. The number of hydrogen-bond donors (Lipinski definition) is 0. The number of rotatable bonds is 6. The average Bonchev–Trinajstić information content (AvgIpc) is 3.42. The maximum Gasteiger partial charge on any atom is 0.234 e. The van der Waals surface area contributed by atoms with Gasteiger partial charge in [-0.1, -0.05) is 23.5 Å². The van der Waals surface area contributed by atoms with Crippen LogP contribution in [0.15, 0.2) is 42.5 Å². The summed E-state index contributed by atoms with van der Waals surface area (Å²) < 4.78 is 23.4. The van der Waals surface area contributed by atoms with Crippen molar-refractivity contribution in [3.05, 3.63) is 58.9 Å². The summed E-state index contributed by atoms with van der Waals surface area (Å²) in [5.74, 6) is 3.56. The fourth-order valence-electron chi connectivity index (χ4n) is 2.89. The molecule has 0 spiro atoms. The van der Waals surface area contributed by atoms with E-state index in [0.29, 0.717) is 17.3 Å². The Bertz CT molecular complexity index is 1120. The minimum absolute atomic E-state index is 0.235. The fourth-order valence-corrected chi connectivity index (χ4v) is 3.78. The van der Waals surface area contributed by atoms with Crippen LogP contribution >= 0.6 is 11.3 Å². The number of ether oxygens (including phenoxy) is 4. The second kappa shape index (κ2) is 7.01. The molecule has 3 heterocycles. The van der Waals surface area contributed by atoms with Crippen LogP contribution in [0, 0.1) is 0 Å². The SMILES string of the molecule is COc1ccc(Cc2nn3c(COc4ccc5c(c4)OCO5)nnc3s2)cc1. The van der Waals surface area contributed by atoms with Crippen LogP contribution in [0.4, 0.5) is 0 Å². The number of fused-ring (bicyclic) bond motifs is 2. The van der Waals surface area contributed by atoms with Crippen molar-refractivity contribution in [3.8, 4) is 23.0 Å². The van der Waals surface area contributed by atoms with E-state index in [-0.39, 0.29) is 13.4 Å². The lowest BCUT2D eigenvalue weighted by Crippen LogP contribution is -2.03. The lowest BCUT2D eigenvalue weighted by Gasteiger charge is -2.05. The van der Waals surface area contributed by atoms with Crippen LogP contribution in [-0.4, -0.2) is 33.7 Å². The van der Waals surface area contributed by atoms with Crippen molar-refractivity contribution in [1.82, 2.24) is 19.8 Å². The standard InChI is InChI=1S/C19H16N4O4S/c1-24-13-4-2-12(3-5-13)8-18-22-23-17(20-21-19(23)28-18)10-25-14-6-7-15-16(9-14)27-11-26-15/h2-7,9H,8,10-11H2,1H3.